The van der Waals surface area contributed by atoms with Crippen molar-refractivity contribution in [2.24, 2.45) is 0 Å². The summed E-state index contributed by atoms with van der Waals surface area (Å²) in [4.78, 5) is 0. The normalized spacial score (nSPS) is 19.2. The van der Waals surface area contributed by atoms with Crippen molar-refractivity contribution in [3.63, 3.8) is 0 Å². The van der Waals surface area contributed by atoms with Gasteiger partial charge in [0.2, 0.25) is 0 Å². The molecule has 2 rings (SSSR count). The SMILES string of the molecule is Cc1cc(OCCCS(C)(=O)=O)cc(C)c1B1OC(C)(C)C(C)(C)O1. The quantitative estimate of drug-likeness (QED) is 0.570. The van der Waals surface area contributed by atoms with Crippen LogP contribution < -0.4 is 10.2 Å². The molecule has 1 fully saturated rings. The zero-order chi connectivity index (χ0) is 19.0. The van der Waals surface area contributed by atoms with Crippen LogP contribution >= 0.6 is 0 Å². The van der Waals surface area contributed by atoms with Crippen LogP contribution in [0.5, 0.6) is 5.75 Å². The lowest BCUT2D eigenvalue weighted by atomic mass is 9.73. The molecule has 1 heterocycles. The summed E-state index contributed by atoms with van der Waals surface area (Å²) >= 11 is 0. The summed E-state index contributed by atoms with van der Waals surface area (Å²) in [6, 6.07) is 3.90. The number of sulfone groups is 1. The Morgan fingerprint density at radius 3 is 1.96 bits per heavy atom. The maximum atomic E-state index is 11.2. The van der Waals surface area contributed by atoms with E-state index in [1.807, 2.05) is 53.7 Å². The average molecular weight is 368 g/mol. The first-order valence-corrected chi connectivity index (χ1v) is 10.7. The van der Waals surface area contributed by atoms with Crippen molar-refractivity contribution in [1.29, 1.82) is 0 Å². The topological polar surface area (TPSA) is 61.8 Å². The van der Waals surface area contributed by atoms with Gasteiger partial charge in [-0.2, -0.15) is 0 Å². The molecule has 0 unspecified atom stereocenters. The fourth-order valence-corrected chi connectivity index (χ4v) is 3.50. The molecule has 0 spiro atoms. The summed E-state index contributed by atoms with van der Waals surface area (Å²) in [6.45, 7) is 12.6. The Balaban J connectivity index is 2.11. The molecule has 0 radical (unpaired) electrons. The second-order valence-corrected chi connectivity index (χ2v) is 10.2. The van der Waals surface area contributed by atoms with Crippen molar-refractivity contribution in [3.8, 4) is 5.75 Å². The Morgan fingerprint density at radius 2 is 1.52 bits per heavy atom. The number of aryl methyl sites for hydroxylation is 2. The number of benzene rings is 1. The minimum absolute atomic E-state index is 0.136. The Kier molecular flexibility index (Phi) is 5.62. The second-order valence-electron chi connectivity index (χ2n) is 7.89. The molecule has 0 bridgehead atoms. The van der Waals surface area contributed by atoms with Crippen LogP contribution in [0.3, 0.4) is 0 Å². The van der Waals surface area contributed by atoms with Gasteiger partial charge in [0.25, 0.3) is 0 Å². The number of ether oxygens (including phenoxy) is 1. The van der Waals surface area contributed by atoms with Gasteiger partial charge in [0.15, 0.2) is 0 Å². The van der Waals surface area contributed by atoms with Crippen LogP contribution in [-0.4, -0.2) is 45.4 Å². The van der Waals surface area contributed by atoms with E-state index in [1.54, 1.807) is 0 Å². The minimum atomic E-state index is -2.95. The van der Waals surface area contributed by atoms with E-state index in [1.165, 1.54) is 6.26 Å². The summed E-state index contributed by atoms with van der Waals surface area (Å²) in [5.74, 6) is 0.875. The molecule has 5 nitrogen and oxygen atoms in total. The Labute approximate surface area is 152 Å². The lowest BCUT2D eigenvalue weighted by molar-refractivity contribution is 0.00578. The van der Waals surface area contributed by atoms with Crippen LogP contribution in [0.25, 0.3) is 0 Å². The summed E-state index contributed by atoms with van der Waals surface area (Å²) in [5, 5.41) is 0. The first-order chi connectivity index (χ1) is 11.3. The molecule has 1 saturated heterocycles. The monoisotopic (exact) mass is 368 g/mol. The van der Waals surface area contributed by atoms with Crippen LogP contribution in [0.2, 0.25) is 0 Å². The Bertz CT molecular complexity index is 701. The third-order valence-corrected chi connectivity index (χ3v) is 6.01. The third-order valence-electron chi connectivity index (χ3n) is 4.98. The fourth-order valence-electron chi connectivity index (χ4n) is 2.86. The number of rotatable bonds is 6. The zero-order valence-electron chi connectivity index (χ0n) is 16.3. The maximum absolute atomic E-state index is 11.2. The van der Waals surface area contributed by atoms with E-state index in [2.05, 4.69) is 0 Å². The van der Waals surface area contributed by atoms with Crippen LogP contribution in [0.1, 0.15) is 45.2 Å². The number of hydrogen-bond acceptors (Lipinski definition) is 5. The highest BCUT2D eigenvalue weighted by atomic mass is 32.2. The molecule has 0 N–H and O–H groups in total. The van der Waals surface area contributed by atoms with Gasteiger partial charge in [0.05, 0.1) is 23.6 Å². The van der Waals surface area contributed by atoms with Crippen molar-refractivity contribution in [1.82, 2.24) is 0 Å². The Morgan fingerprint density at radius 1 is 1.04 bits per heavy atom. The molecular weight excluding hydrogens is 339 g/mol. The molecule has 25 heavy (non-hydrogen) atoms. The van der Waals surface area contributed by atoms with Gasteiger partial charge in [0.1, 0.15) is 15.6 Å². The molecule has 1 aliphatic heterocycles. The van der Waals surface area contributed by atoms with E-state index < -0.39 is 17.0 Å². The standard InChI is InChI=1S/C18H29BO5S/c1-13-11-15(22-9-8-10-25(7,20)21)12-14(2)16(13)19-23-17(3,4)18(5,6)24-19/h11-12H,8-10H2,1-7H3. The largest absolute Gasteiger partial charge is 0.495 e. The molecule has 0 saturated carbocycles. The Hall–Kier alpha value is -1.05. The molecule has 0 aliphatic carbocycles. The minimum Gasteiger partial charge on any atom is -0.494 e. The highest BCUT2D eigenvalue weighted by Crippen LogP contribution is 2.37. The van der Waals surface area contributed by atoms with E-state index >= 15 is 0 Å². The van der Waals surface area contributed by atoms with Gasteiger partial charge >= 0.3 is 7.12 Å². The molecule has 7 heteroatoms. The lowest BCUT2D eigenvalue weighted by Gasteiger charge is -2.32. The van der Waals surface area contributed by atoms with Crippen LogP contribution in [-0.2, 0) is 19.1 Å². The van der Waals surface area contributed by atoms with Crippen molar-refractivity contribution < 1.29 is 22.5 Å². The maximum Gasteiger partial charge on any atom is 0.495 e. The van der Waals surface area contributed by atoms with E-state index in [-0.39, 0.29) is 17.0 Å². The van der Waals surface area contributed by atoms with Crippen LogP contribution in [0.15, 0.2) is 12.1 Å². The van der Waals surface area contributed by atoms with Crippen molar-refractivity contribution in [2.45, 2.75) is 59.2 Å². The van der Waals surface area contributed by atoms with E-state index in [4.69, 9.17) is 14.0 Å². The molecule has 0 aromatic heterocycles. The predicted octanol–water partition coefficient (Wildman–Crippen LogP) is 2.42. The van der Waals surface area contributed by atoms with Crippen molar-refractivity contribution in [2.75, 3.05) is 18.6 Å². The van der Waals surface area contributed by atoms with Crippen LogP contribution in [0, 0.1) is 13.8 Å². The summed E-state index contributed by atoms with van der Waals surface area (Å²) in [5.41, 5.74) is 2.35. The highest BCUT2D eigenvalue weighted by molar-refractivity contribution is 7.90. The van der Waals surface area contributed by atoms with E-state index in [0.29, 0.717) is 13.0 Å². The smallest absolute Gasteiger partial charge is 0.494 e. The molecule has 0 amide bonds. The van der Waals surface area contributed by atoms with Crippen molar-refractivity contribution >= 4 is 22.4 Å². The lowest BCUT2D eigenvalue weighted by Crippen LogP contribution is -2.41. The number of hydrogen-bond donors (Lipinski definition) is 0. The molecular formula is C18H29BO5S. The van der Waals surface area contributed by atoms with Gasteiger partial charge in [-0.15, -0.1) is 0 Å². The fraction of sp³-hybridized carbons (Fsp3) is 0.667. The molecule has 140 valence electrons. The first-order valence-electron chi connectivity index (χ1n) is 8.60. The third kappa shape index (κ3) is 4.77. The van der Waals surface area contributed by atoms with Gasteiger partial charge in [0, 0.05) is 6.26 Å². The zero-order valence-corrected chi connectivity index (χ0v) is 17.1. The van der Waals surface area contributed by atoms with Crippen LogP contribution in [0.4, 0.5) is 0 Å². The second kappa shape index (κ2) is 6.93. The highest BCUT2D eigenvalue weighted by Gasteiger charge is 2.52. The van der Waals surface area contributed by atoms with Gasteiger partial charge in [-0.05, 0) is 76.7 Å². The molecule has 1 aromatic carbocycles. The summed E-state index contributed by atoms with van der Waals surface area (Å²) in [6.07, 6.45) is 1.72. The van der Waals surface area contributed by atoms with Gasteiger partial charge < -0.3 is 14.0 Å². The summed E-state index contributed by atoms with van der Waals surface area (Å²) < 4.78 is 40.4. The van der Waals surface area contributed by atoms with Crippen molar-refractivity contribution in [3.05, 3.63) is 23.3 Å². The van der Waals surface area contributed by atoms with E-state index in [0.717, 1.165) is 22.3 Å². The van der Waals surface area contributed by atoms with Gasteiger partial charge in [-0.3, -0.25) is 0 Å². The average Bonchev–Trinajstić information content (AvgIpc) is 2.61. The van der Waals surface area contributed by atoms with E-state index in [9.17, 15) is 8.42 Å². The van der Waals surface area contributed by atoms with Gasteiger partial charge in [-0.1, -0.05) is 0 Å². The first kappa shape index (κ1) is 20.3. The van der Waals surface area contributed by atoms with Gasteiger partial charge in [-0.25, -0.2) is 8.42 Å². The molecule has 0 atom stereocenters. The predicted molar refractivity (Wildman–Crippen MR) is 101 cm³/mol. The summed E-state index contributed by atoms with van der Waals surface area (Å²) in [7, 11) is -3.35. The molecule has 1 aliphatic rings. The molecule has 1 aromatic rings.